The summed E-state index contributed by atoms with van der Waals surface area (Å²) in [5.41, 5.74) is 1.04. The zero-order valence-electron chi connectivity index (χ0n) is 11.6. The zero-order valence-corrected chi connectivity index (χ0v) is 11.6. The number of rotatable bonds is 7. The number of unbranched alkanes of at least 4 members (excludes halogenated alkanes) is 1. The van der Waals surface area contributed by atoms with Crippen LogP contribution in [0.25, 0.3) is 11.3 Å². The molecule has 2 rings (SSSR count). The number of carboxylic acid groups (broad SMARTS) is 1. The summed E-state index contributed by atoms with van der Waals surface area (Å²) in [4.78, 5) is 10.7. The van der Waals surface area contributed by atoms with Crippen LogP contribution in [-0.4, -0.2) is 12.5 Å². The molecule has 0 saturated carbocycles. The molecule has 0 fully saturated rings. The Labute approximate surface area is 118 Å². The second-order valence-electron chi connectivity index (χ2n) is 4.77. The number of furan rings is 1. The van der Waals surface area contributed by atoms with E-state index < -0.39 is 5.97 Å². The molecule has 0 unspecified atom stereocenters. The Hall–Kier alpha value is -2.07. The largest absolute Gasteiger partial charge is 0.545 e. The summed E-state index contributed by atoms with van der Waals surface area (Å²) in [6.07, 6.45) is 2.41. The summed E-state index contributed by atoms with van der Waals surface area (Å²) in [6, 6.07) is 10.4. The topological polar surface area (TPSA) is 69.9 Å². The van der Waals surface area contributed by atoms with E-state index >= 15 is 0 Å². The van der Waals surface area contributed by atoms with Crippen molar-refractivity contribution in [1.29, 1.82) is 0 Å². The molecule has 0 aliphatic carbocycles. The van der Waals surface area contributed by atoms with Gasteiger partial charge in [-0.05, 0) is 24.1 Å². The van der Waals surface area contributed by atoms with Crippen molar-refractivity contribution in [2.45, 2.75) is 26.3 Å². The standard InChI is InChI=1S/C16H19NO3/c1-2-3-10-17-11-14-8-9-15(20-14)12-4-6-13(7-5-12)16(18)19/h4-9,17H,2-3,10-11H2,1H3,(H,18,19). The van der Waals surface area contributed by atoms with E-state index in [4.69, 9.17) is 4.42 Å². The van der Waals surface area contributed by atoms with Gasteiger partial charge in [0, 0.05) is 5.56 Å². The maximum atomic E-state index is 10.7. The smallest absolute Gasteiger partial charge is 0.158 e. The molecule has 0 saturated heterocycles. The van der Waals surface area contributed by atoms with E-state index in [1.54, 1.807) is 12.1 Å². The number of nitrogens with two attached hydrogens (primary N) is 1. The first kappa shape index (κ1) is 14.3. The molecule has 0 aliphatic heterocycles. The fourth-order valence-electron chi connectivity index (χ4n) is 2.01. The molecule has 4 heteroatoms. The molecule has 1 heterocycles. The maximum Gasteiger partial charge on any atom is 0.158 e. The number of quaternary nitrogens is 1. The van der Waals surface area contributed by atoms with Gasteiger partial charge in [-0.3, -0.25) is 0 Å². The lowest BCUT2D eigenvalue weighted by Crippen LogP contribution is -2.82. The van der Waals surface area contributed by atoms with Crippen LogP contribution < -0.4 is 10.4 Å². The Balaban J connectivity index is 1.99. The summed E-state index contributed by atoms with van der Waals surface area (Å²) in [6.45, 7) is 4.11. The van der Waals surface area contributed by atoms with Crippen LogP contribution in [0.2, 0.25) is 0 Å². The van der Waals surface area contributed by atoms with Gasteiger partial charge in [0.15, 0.2) is 5.76 Å². The summed E-state index contributed by atoms with van der Waals surface area (Å²) in [5.74, 6) is 0.524. The monoisotopic (exact) mass is 273 g/mol. The maximum absolute atomic E-state index is 10.7. The fourth-order valence-corrected chi connectivity index (χ4v) is 2.01. The number of benzene rings is 1. The Morgan fingerprint density at radius 2 is 1.95 bits per heavy atom. The van der Waals surface area contributed by atoms with Crippen LogP contribution in [0, 0.1) is 0 Å². The minimum atomic E-state index is -1.16. The summed E-state index contributed by atoms with van der Waals surface area (Å²) in [5, 5.41) is 12.9. The van der Waals surface area contributed by atoms with Crippen LogP contribution in [-0.2, 0) is 6.54 Å². The molecular formula is C16H19NO3. The summed E-state index contributed by atoms with van der Waals surface area (Å²) >= 11 is 0. The normalized spacial score (nSPS) is 10.7. The third kappa shape index (κ3) is 3.71. The molecule has 2 aromatic rings. The first-order chi connectivity index (χ1) is 9.70. The molecule has 0 radical (unpaired) electrons. The highest BCUT2D eigenvalue weighted by molar-refractivity contribution is 5.86. The average Bonchev–Trinajstić information content (AvgIpc) is 2.92. The number of aromatic carboxylic acids is 1. The first-order valence-corrected chi connectivity index (χ1v) is 6.93. The minimum Gasteiger partial charge on any atom is -0.545 e. The summed E-state index contributed by atoms with van der Waals surface area (Å²) < 4.78 is 5.76. The second-order valence-corrected chi connectivity index (χ2v) is 4.77. The van der Waals surface area contributed by atoms with Gasteiger partial charge < -0.3 is 19.6 Å². The average molecular weight is 273 g/mol. The zero-order chi connectivity index (χ0) is 14.4. The fraction of sp³-hybridized carbons (Fsp3) is 0.312. The molecule has 4 nitrogen and oxygen atoms in total. The lowest BCUT2D eigenvalue weighted by molar-refractivity contribution is -0.672. The molecule has 1 aromatic carbocycles. The molecule has 2 N–H and O–H groups in total. The van der Waals surface area contributed by atoms with Crippen molar-refractivity contribution < 1.29 is 19.6 Å². The Morgan fingerprint density at radius 3 is 2.60 bits per heavy atom. The van der Waals surface area contributed by atoms with Crippen LogP contribution in [0.1, 0.15) is 35.9 Å². The molecule has 0 aliphatic rings. The second kappa shape index (κ2) is 6.91. The van der Waals surface area contributed by atoms with E-state index in [9.17, 15) is 9.90 Å². The van der Waals surface area contributed by atoms with Crippen molar-refractivity contribution >= 4 is 5.97 Å². The highest BCUT2D eigenvalue weighted by Gasteiger charge is 2.06. The van der Waals surface area contributed by atoms with Crippen molar-refractivity contribution in [2.75, 3.05) is 6.54 Å². The van der Waals surface area contributed by atoms with Gasteiger partial charge in [0.2, 0.25) is 0 Å². The van der Waals surface area contributed by atoms with Gasteiger partial charge in [-0.1, -0.05) is 37.6 Å². The van der Waals surface area contributed by atoms with Crippen LogP contribution in [0.5, 0.6) is 0 Å². The van der Waals surface area contributed by atoms with Crippen LogP contribution >= 0.6 is 0 Å². The van der Waals surface area contributed by atoms with E-state index in [0.29, 0.717) is 0 Å². The van der Waals surface area contributed by atoms with Crippen molar-refractivity contribution in [3.05, 3.63) is 47.7 Å². The number of carbonyl (C=O) groups excluding carboxylic acids is 1. The van der Waals surface area contributed by atoms with Crippen LogP contribution in [0.4, 0.5) is 0 Å². The highest BCUT2D eigenvalue weighted by Crippen LogP contribution is 2.22. The highest BCUT2D eigenvalue weighted by atomic mass is 16.4. The first-order valence-electron chi connectivity index (χ1n) is 6.93. The van der Waals surface area contributed by atoms with Gasteiger partial charge in [0.1, 0.15) is 12.3 Å². The third-order valence-corrected chi connectivity index (χ3v) is 3.17. The van der Waals surface area contributed by atoms with Crippen molar-refractivity contribution in [1.82, 2.24) is 0 Å². The molecule has 0 atom stereocenters. The lowest BCUT2D eigenvalue weighted by atomic mass is 10.1. The van der Waals surface area contributed by atoms with E-state index in [2.05, 4.69) is 12.2 Å². The molecule has 20 heavy (non-hydrogen) atoms. The predicted molar refractivity (Wildman–Crippen MR) is 73.9 cm³/mol. The van der Waals surface area contributed by atoms with E-state index in [1.165, 1.54) is 25.0 Å². The number of carboxylic acids is 1. The van der Waals surface area contributed by atoms with E-state index in [1.807, 2.05) is 12.1 Å². The molecule has 0 spiro atoms. The lowest BCUT2D eigenvalue weighted by Gasteiger charge is -2.03. The van der Waals surface area contributed by atoms with Crippen molar-refractivity contribution in [3.8, 4) is 11.3 Å². The number of hydrogen-bond acceptors (Lipinski definition) is 3. The van der Waals surface area contributed by atoms with Gasteiger partial charge in [0.05, 0.1) is 12.5 Å². The Bertz CT molecular complexity index is 557. The molecule has 0 bridgehead atoms. The number of hydrogen-bond donors (Lipinski definition) is 1. The predicted octanol–water partition coefficient (Wildman–Crippen LogP) is 1.17. The number of carbonyl (C=O) groups is 1. The van der Waals surface area contributed by atoms with Crippen LogP contribution in [0.15, 0.2) is 40.8 Å². The van der Waals surface area contributed by atoms with Gasteiger partial charge in [0.25, 0.3) is 0 Å². The quantitative estimate of drug-likeness (QED) is 0.770. The van der Waals surface area contributed by atoms with Crippen LogP contribution in [0.3, 0.4) is 0 Å². The van der Waals surface area contributed by atoms with E-state index in [0.717, 1.165) is 30.2 Å². The SMILES string of the molecule is CCCC[NH2+]Cc1ccc(-c2ccc(C(=O)[O-])cc2)o1. The van der Waals surface area contributed by atoms with Gasteiger partial charge in [-0.25, -0.2) is 0 Å². The Morgan fingerprint density at radius 1 is 1.20 bits per heavy atom. The van der Waals surface area contributed by atoms with E-state index in [-0.39, 0.29) is 5.56 Å². The molecule has 106 valence electrons. The van der Waals surface area contributed by atoms with Gasteiger partial charge in [-0.2, -0.15) is 0 Å². The van der Waals surface area contributed by atoms with Crippen molar-refractivity contribution in [3.63, 3.8) is 0 Å². The third-order valence-electron chi connectivity index (χ3n) is 3.17. The van der Waals surface area contributed by atoms with Crippen molar-refractivity contribution in [2.24, 2.45) is 0 Å². The molecular weight excluding hydrogens is 254 g/mol. The van der Waals surface area contributed by atoms with Gasteiger partial charge >= 0.3 is 0 Å². The summed E-state index contributed by atoms with van der Waals surface area (Å²) in [7, 11) is 0. The Kier molecular flexibility index (Phi) is 4.96. The molecule has 1 aromatic heterocycles. The molecule has 0 amide bonds. The minimum absolute atomic E-state index is 0.174. The van der Waals surface area contributed by atoms with Gasteiger partial charge in [-0.15, -0.1) is 0 Å².